The zero-order valence-electron chi connectivity index (χ0n) is 18.9. The van der Waals surface area contributed by atoms with Crippen LogP contribution in [0.2, 0.25) is 0 Å². The van der Waals surface area contributed by atoms with Crippen molar-refractivity contribution >= 4 is 28.3 Å². The molecule has 0 saturated carbocycles. The molecular weight excluding hydrogens is 432 g/mol. The Hall–Kier alpha value is -4.39. The lowest BCUT2D eigenvalue weighted by molar-refractivity contribution is -0.119. The van der Waals surface area contributed by atoms with Gasteiger partial charge in [0.2, 0.25) is 0 Å². The van der Waals surface area contributed by atoms with Gasteiger partial charge in [0, 0.05) is 23.7 Å². The van der Waals surface area contributed by atoms with Crippen molar-refractivity contribution in [3.8, 4) is 16.9 Å². The molecule has 34 heavy (non-hydrogen) atoms. The van der Waals surface area contributed by atoms with E-state index in [1.54, 1.807) is 42.5 Å². The van der Waals surface area contributed by atoms with Crippen LogP contribution in [0, 0.1) is 0 Å². The Morgan fingerprint density at radius 2 is 1.53 bits per heavy atom. The lowest BCUT2D eigenvalue weighted by Gasteiger charge is -2.16. The van der Waals surface area contributed by atoms with E-state index in [0.29, 0.717) is 34.4 Å². The molecule has 1 amide bonds. The molecular formula is C27H24N2O5. The van der Waals surface area contributed by atoms with Gasteiger partial charge < -0.3 is 19.4 Å². The molecule has 0 radical (unpaired) electrons. The zero-order chi connectivity index (χ0) is 24.1. The maximum Gasteiger partial charge on any atom is 0.356 e. The number of aromatic nitrogens is 1. The van der Waals surface area contributed by atoms with E-state index in [1.807, 2.05) is 43.3 Å². The smallest absolute Gasteiger partial charge is 0.356 e. The van der Waals surface area contributed by atoms with E-state index in [2.05, 4.69) is 5.32 Å². The molecule has 0 atom stereocenters. The topological polar surface area (TPSA) is 86.6 Å². The molecule has 7 heteroatoms. The number of pyridine rings is 1. The van der Waals surface area contributed by atoms with Crippen molar-refractivity contribution in [1.29, 1.82) is 0 Å². The van der Waals surface area contributed by atoms with Gasteiger partial charge in [0.1, 0.15) is 11.4 Å². The number of carbonyl (C=O) groups excluding carboxylic acids is 2. The van der Waals surface area contributed by atoms with Gasteiger partial charge in [0.25, 0.3) is 11.5 Å². The van der Waals surface area contributed by atoms with E-state index in [1.165, 1.54) is 11.6 Å². The van der Waals surface area contributed by atoms with Crippen LogP contribution in [-0.4, -0.2) is 29.7 Å². The Kier molecular flexibility index (Phi) is 6.73. The average Bonchev–Trinajstić information content (AvgIpc) is 2.86. The number of hydrogen-bond donors (Lipinski definition) is 1. The van der Waals surface area contributed by atoms with Gasteiger partial charge in [-0.1, -0.05) is 48.5 Å². The molecule has 172 valence electrons. The molecule has 0 aliphatic carbocycles. The minimum atomic E-state index is -0.758. The van der Waals surface area contributed by atoms with Crippen LogP contribution in [0.25, 0.3) is 21.9 Å². The quantitative estimate of drug-likeness (QED) is 0.417. The summed E-state index contributed by atoms with van der Waals surface area (Å²) in [6, 6.07) is 23.3. The van der Waals surface area contributed by atoms with Crippen LogP contribution in [0.3, 0.4) is 0 Å². The highest BCUT2D eigenvalue weighted by molar-refractivity contribution is 6.07. The number of nitrogens with one attached hydrogen (secondary N) is 1. The predicted octanol–water partition coefficient (Wildman–Crippen LogP) is 4.40. The first-order valence-corrected chi connectivity index (χ1v) is 10.9. The van der Waals surface area contributed by atoms with Crippen LogP contribution in [0.4, 0.5) is 5.69 Å². The second-order valence-corrected chi connectivity index (χ2v) is 7.58. The summed E-state index contributed by atoms with van der Waals surface area (Å²) >= 11 is 0. The molecule has 3 aromatic carbocycles. The van der Waals surface area contributed by atoms with Gasteiger partial charge >= 0.3 is 5.97 Å². The number of amides is 1. The number of fused-ring (bicyclic) bond motifs is 1. The van der Waals surface area contributed by atoms with E-state index in [4.69, 9.17) is 9.47 Å². The summed E-state index contributed by atoms with van der Waals surface area (Å²) in [6.45, 7) is 1.93. The second-order valence-electron chi connectivity index (χ2n) is 7.58. The van der Waals surface area contributed by atoms with Crippen molar-refractivity contribution in [3.63, 3.8) is 0 Å². The molecule has 0 aliphatic heterocycles. The average molecular weight is 456 g/mol. The van der Waals surface area contributed by atoms with Gasteiger partial charge in [-0.3, -0.25) is 9.59 Å². The number of ether oxygens (including phenoxy) is 2. The van der Waals surface area contributed by atoms with E-state index in [9.17, 15) is 14.4 Å². The highest BCUT2D eigenvalue weighted by Crippen LogP contribution is 2.30. The van der Waals surface area contributed by atoms with Crippen molar-refractivity contribution in [1.82, 2.24) is 4.57 Å². The maximum atomic E-state index is 13.2. The maximum absolute atomic E-state index is 13.2. The fourth-order valence-corrected chi connectivity index (χ4v) is 3.80. The summed E-state index contributed by atoms with van der Waals surface area (Å²) in [5, 5.41) is 3.82. The normalized spacial score (nSPS) is 10.6. The zero-order valence-corrected chi connectivity index (χ0v) is 18.9. The Balaban J connectivity index is 1.60. The highest BCUT2D eigenvalue weighted by Gasteiger charge is 2.23. The minimum Gasteiger partial charge on any atom is -0.494 e. The number of carbonyl (C=O) groups is 2. The van der Waals surface area contributed by atoms with Crippen molar-refractivity contribution in [2.24, 2.45) is 7.05 Å². The third-order valence-electron chi connectivity index (χ3n) is 5.34. The SMILES string of the molecule is CCOc1ccc(NC(=O)COC(=O)c2c(-c3ccccc3)c3ccccc3c(=O)n2C)cc1. The van der Waals surface area contributed by atoms with Gasteiger partial charge in [0.15, 0.2) is 6.61 Å². The molecule has 1 N–H and O–H groups in total. The minimum absolute atomic E-state index is 0.0868. The number of esters is 1. The van der Waals surface area contributed by atoms with Crippen molar-refractivity contribution in [2.45, 2.75) is 6.92 Å². The summed E-state index contributed by atoms with van der Waals surface area (Å²) in [6.07, 6.45) is 0. The first kappa shape index (κ1) is 22.8. The molecule has 1 aromatic heterocycles. The third kappa shape index (κ3) is 4.68. The lowest BCUT2D eigenvalue weighted by Crippen LogP contribution is -2.28. The summed E-state index contributed by atoms with van der Waals surface area (Å²) in [7, 11) is 1.53. The second kappa shape index (κ2) is 10.0. The monoisotopic (exact) mass is 456 g/mol. The molecule has 7 nitrogen and oxygen atoms in total. The van der Waals surface area contributed by atoms with Crippen LogP contribution < -0.4 is 15.6 Å². The highest BCUT2D eigenvalue weighted by atomic mass is 16.5. The van der Waals surface area contributed by atoms with Crippen LogP contribution >= 0.6 is 0 Å². The first-order chi connectivity index (χ1) is 16.5. The van der Waals surface area contributed by atoms with Gasteiger partial charge in [0.05, 0.1) is 6.61 Å². The number of rotatable bonds is 7. The van der Waals surface area contributed by atoms with Crippen molar-refractivity contribution < 1.29 is 19.1 Å². The van der Waals surface area contributed by atoms with Crippen LogP contribution in [0.5, 0.6) is 5.75 Å². The number of nitrogens with zero attached hydrogens (tertiary/aromatic N) is 1. The molecule has 0 aliphatic rings. The molecule has 4 rings (SSSR count). The van der Waals surface area contributed by atoms with E-state index < -0.39 is 18.5 Å². The van der Waals surface area contributed by atoms with Crippen molar-refractivity contribution in [3.05, 3.63) is 94.9 Å². The fourth-order valence-electron chi connectivity index (χ4n) is 3.80. The van der Waals surface area contributed by atoms with E-state index in [-0.39, 0.29) is 11.3 Å². The Morgan fingerprint density at radius 1 is 0.882 bits per heavy atom. The molecule has 0 spiro atoms. The predicted molar refractivity (Wildman–Crippen MR) is 131 cm³/mol. The number of hydrogen-bond acceptors (Lipinski definition) is 5. The van der Waals surface area contributed by atoms with Gasteiger partial charge in [-0.05, 0) is 48.2 Å². The summed E-state index contributed by atoms with van der Waals surface area (Å²) < 4.78 is 12.0. The number of benzene rings is 3. The lowest BCUT2D eigenvalue weighted by atomic mass is 9.97. The number of anilines is 1. The Bertz CT molecular complexity index is 1390. The van der Waals surface area contributed by atoms with Crippen LogP contribution in [0.1, 0.15) is 17.4 Å². The first-order valence-electron chi connectivity index (χ1n) is 10.9. The summed E-state index contributed by atoms with van der Waals surface area (Å²) in [5.41, 5.74) is 1.66. The van der Waals surface area contributed by atoms with Gasteiger partial charge in [-0.25, -0.2) is 4.79 Å². The fraction of sp³-hybridized carbons (Fsp3) is 0.148. The Morgan fingerprint density at radius 3 is 2.21 bits per heavy atom. The van der Waals surface area contributed by atoms with E-state index in [0.717, 1.165) is 5.56 Å². The van der Waals surface area contributed by atoms with E-state index >= 15 is 0 Å². The summed E-state index contributed by atoms with van der Waals surface area (Å²) in [4.78, 5) is 38.5. The largest absolute Gasteiger partial charge is 0.494 e. The summed E-state index contributed by atoms with van der Waals surface area (Å²) in [5.74, 6) is -0.562. The van der Waals surface area contributed by atoms with Crippen molar-refractivity contribution in [2.75, 3.05) is 18.5 Å². The van der Waals surface area contributed by atoms with Crippen LogP contribution in [0.15, 0.2) is 83.7 Å². The van der Waals surface area contributed by atoms with Gasteiger partial charge in [-0.15, -0.1) is 0 Å². The molecule has 0 saturated heterocycles. The van der Waals surface area contributed by atoms with Crippen LogP contribution in [-0.2, 0) is 16.6 Å². The molecule has 0 bridgehead atoms. The molecule has 0 fully saturated rings. The molecule has 0 unspecified atom stereocenters. The molecule has 4 aromatic rings. The standard InChI is InChI=1S/C27H24N2O5/c1-3-33-20-15-13-19(14-16-20)28-23(30)17-34-27(32)25-24(18-9-5-4-6-10-18)21-11-7-8-12-22(21)26(31)29(25)2/h4-16H,3,17H2,1-2H3,(H,28,30). The molecule has 1 heterocycles. The third-order valence-corrected chi connectivity index (χ3v) is 5.34. The van der Waals surface area contributed by atoms with Gasteiger partial charge in [-0.2, -0.15) is 0 Å². The Labute approximate surface area is 196 Å².